The third kappa shape index (κ3) is 4.46. The van der Waals surface area contributed by atoms with Crippen molar-refractivity contribution in [2.45, 2.75) is 92.0 Å². The highest BCUT2D eigenvalue weighted by Gasteiger charge is 2.77. The molecule has 2 N–H and O–H groups in total. The van der Waals surface area contributed by atoms with Gasteiger partial charge in [0.25, 0.3) is 0 Å². The number of allylic oxidation sites excluding steroid dienone is 5. The molecule has 1 saturated carbocycles. The van der Waals surface area contributed by atoms with Crippen molar-refractivity contribution in [3.63, 3.8) is 0 Å². The van der Waals surface area contributed by atoms with Crippen molar-refractivity contribution in [2.75, 3.05) is 0 Å². The number of hydrogen-bond donors (Lipinski definition) is 2. The van der Waals surface area contributed by atoms with Crippen molar-refractivity contribution in [2.24, 2.45) is 22.2 Å². The van der Waals surface area contributed by atoms with Crippen molar-refractivity contribution in [1.29, 1.82) is 0 Å². The van der Waals surface area contributed by atoms with Gasteiger partial charge in [-0.15, -0.1) is 0 Å². The molecule has 1 aromatic rings. The maximum Gasteiger partial charge on any atom is 0.184 e. The molecule has 0 aromatic heterocycles. The molecule has 1 aliphatic heterocycles. The van der Waals surface area contributed by atoms with Crippen LogP contribution in [0, 0.1) is 22.2 Å². The minimum atomic E-state index is -1.99. The molecule has 2 aliphatic carbocycles. The van der Waals surface area contributed by atoms with E-state index in [9.17, 15) is 24.6 Å². The summed E-state index contributed by atoms with van der Waals surface area (Å²) in [5.41, 5.74) is -5.12. The van der Waals surface area contributed by atoms with Gasteiger partial charge in [-0.2, -0.15) is 0 Å². The smallest absolute Gasteiger partial charge is 0.184 e. The van der Waals surface area contributed by atoms with Gasteiger partial charge >= 0.3 is 0 Å². The molecule has 3 aliphatic rings. The van der Waals surface area contributed by atoms with Gasteiger partial charge < -0.3 is 14.9 Å². The van der Waals surface area contributed by atoms with E-state index in [0.29, 0.717) is 23.3 Å². The van der Waals surface area contributed by atoms with Crippen LogP contribution in [0.15, 0.2) is 65.5 Å². The summed E-state index contributed by atoms with van der Waals surface area (Å²) in [5, 5.41) is 21.5. The summed E-state index contributed by atoms with van der Waals surface area (Å²) in [7, 11) is 0. The molecule has 0 amide bonds. The maximum atomic E-state index is 15.0. The van der Waals surface area contributed by atoms with Gasteiger partial charge in [0.15, 0.2) is 22.8 Å². The lowest BCUT2D eigenvalue weighted by Gasteiger charge is -2.58. The van der Waals surface area contributed by atoms with E-state index in [2.05, 4.69) is 0 Å². The molecule has 4 atom stereocenters. The van der Waals surface area contributed by atoms with E-state index in [-0.39, 0.29) is 12.8 Å². The number of Topliss-reactive ketones (excluding diaryl/α,β-unsaturated/α-hetero) is 3. The predicted molar refractivity (Wildman–Crippen MR) is 150 cm³/mol. The topological polar surface area (TPSA) is 101 Å². The largest absolute Gasteiger partial charge is 0.490 e. The number of hydrogen-bond acceptors (Lipinski definition) is 6. The molecule has 2 fully saturated rings. The second kappa shape index (κ2) is 9.38. The molecule has 1 heterocycles. The molecule has 1 spiro atoms. The number of carbonyl (C=O) groups excluding carboxylic acids is 3. The molecule has 1 saturated heterocycles. The SMILES string of the molecule is CC(C)=CCC1=C2O[C@@H](C(C)(C)O)C[C@@]23C[C@@H](/C=C/C(C)(C)O)C(C)(C)[C@](C(=O)c2ccccc2)(C1=O)C3=O. The number of fused-ring (bicyclic) bond motifs is 1. The second-order valence-corrected chi connectivity index (χ2v) is 13.5. The summed E-state index contributed by atoms with van der Waals surface area (Å²) in [6.45, 7) is 14.1. The van der Waals surface area contributed by atoms with E-state index in [1.807, 2.05) is 39.8 Å². The lowest BCUT2D eigenvalue weighted by Crippen LogP contribution is -2.69. The Kier molecular flexibility index (Phi) is 7.01. The summed E-state index contributed by atoms with van der Waals surface area (Å²) >= 11 is 0. The first kappa shape index (κ1) is 29.2. The first-order chi connectivity index (χ1) is 17.9. The fraction of sp³-hybridized carbons (Fsp3) is 0.545. The molecule has 39 heavy (non-hydrogen) atoms. The van der Waals surface area contributed by atoms with Crippen LogP contribution in [0.2, 0.25) is 0 Å². The first-order valence-electron chi connectivity index (χ1n) is 13.8. The molecule has 0 unspecified atom stereocenters. The van der Waals surface area contributed by atoms with E-state index in [1.54, 1.807) is 64.1 Å². The van der Waals surface area contributed by atoms with E-state index in [1.165, 1.54) is 0 Å². The van der Waals surface area contributed by atoms with Gasteiger partial charge in [0.1, 0.15) is 11.9 Å². The van der Waals surface area contributed by atoms with Crippen molar-refractivity contribution in [1.82, 2.24) is 0 Å². The highest BCUT2D eigenvalue weighted by molar-refractivity contribution is 6.36. The zero-order valence-electron chi connectivity index (χ0n) is 24.4. The van der Waals surface area contributed by atoms with Crippen LogP contribution < -0.4 is 0 Å². The quantitative estimate of drug-likeness (QED) is 0.271. The minimum absolute atomic E-state index is 0.170. The monoisotopic (exact) mass is 534 g/mol. The molecule has 6 heteroatoms. The van der Waals surface area contributed by atoms with Gasteiger partial charge in [-0.1, -0.05) is 68.0 Å². The predicted octanol–water partition coefficient (Wildman–Crippen LogP) is 5.54. The number of rotatable bonds is 7. The van der Waals surface area contributed by atoms with E-state index >= 15 is 0 Å². The van der Waals surface area contributed by atoms with Crippen LogP contribution in [-0.2, 0) is 14.3 Å². The highest BCUT2D eigenvalue weighted by atomic mass is 16.5. The van der Waals surface area contributed by atoms with Gasteiger partial charge in [0, 0.05) is 17.6 Å². The van der Waals surface area contributed by atoms with Crippen LogP contribution in [0.4, 0.5) is 0 Å². The lowest BCUT2D eigenvalue weighted by molar-refractivity contribution is -0.160. The van der Waals surface area contributed by atoms with Crippen LogP contribution in [0.5, 0.6) is 0 Å². The van der Waals surface area contributed by atoms with Crippen molar-refractivity contribution < 1.29 is 29.3 Å². The normalized spacial score (nSPS) is 30.3. The molecule has 1 aromatic carbocycles. The van der Waals surface area contributed by atoms with Crippen LogP contribution in [0.25, 0.3) is 0 Å². The van der Waals surface area contributed by atoms with Gasteiger partial charge in [-0.05, 0) is 65.7 Å². The molecule has 4 rings (SSSR count). The highest BCUT2D eigenvalue weighted by Crippen LogP contribution is 2.68. The lowest BCUT2D eigenvalue weighted by atomic mass is 9.40. The van der Waals surface area contributed by atoms with Crippen molar-refractivity contribution >= 4 is 17.3 Å². The summed E-state index contributed by atoms with van der Waals surface area (Å²) in [4.78, 5) is 44.4. The van der Waals surface area contributed by atoms with Crippen molar-refractivity contribution in [3.8, 4) is 0 Å². The Morgan fingerprint density at radius 1 is 1.05 bits per heavy atom. The number of ketones is 3. The van der Waals surface area contributed by atoms with E-state index < -0.39 is 56.8 Å². The average Bonchev–Trinajstić information content (AvgIpc) is 3.21. The number of carbonyl (C=O) groups is 3. The number of aliphatic hydroxyl groups is 2. The molecular weight excluding hydrogens is 492 g/mol. The Hall–Kier alpha value is -2.83. The zero-order chi connectivity index (χ0) is 29.2. The molecule has 210 valence electrons. The molecule has 0 radical (unpaired) electrons. The number of ether oxygens (including phenoxy) is 1. The number of benzene rings is 1. The van der Waals surface area contributed by atoms with Crippen molar-refractivity contribution in [3.05, 3.63) is 71.0 Å². The zero-order valence-corrected chi connectivity index (χ0v) is 24.4. The molecule has 6 nitrogen and oxygen atoms in total. The second-order valence-electron chi connectivity index (χ2n) is 13.5. The van der Waals surface area contributed by atoms with Crippen LogP contribution >= 0.6 is 0 Å². The van der Waals surface area contributed by atoms with E-state index in [4.69, 9.17) is 4.74 Å². The summed E-state index contributed by atoms with van der Waals surface area (Å²) in [6.07, 6.45) is 5.42. The van der Waals surface area contributed by atoms with Crippen LogP contribution in [-0.4, -0.2) is 44.9 Å². The van der Waals surface area contributed by atoms with Gasteiger partial charge in [-0.25, -0.2) is 0 Å². The Morgan fingerprint density at radius 2 is 1.67 bits per heavy atom. The fourth-order valence-corrected chi connectivity index (χ4v) is 6.67. The third-order valence-corrected chi connectivity index (χ3v) is 8.97. The summed E-state index contributed by atoms with van der Waals surface area (Å²) in [6, 6.07) is 8.55. The maximum absolute atomic E-state index is 15.0. The van der Waals surface area contributed by atoms with Gasteiger partial charge in [-0.3, -0.25) is 14.4 Å². The standard InChI is InChI=1S/C33H42O6/c1-20(2)14-15-23-26(35)33(25(34)21-12-10-9-11-13-21)28(36)32(19-24(31(7,8)38)39-27(23)32)18-22(30(33,5)6)16-17-29(3,4)37/h9-14,16-17,22,24,37-38H,15,18-19H2,1-8H3/b17-16+/t22-,24-,32+,33-/m1/s1. The fourth-order valence-electron chi connectivity index (χ4n) is 6.67. The van der Waals surface area contributed by atoms with E-state index in [0.717, 1.165) is 5.57 Å². The van der Waals surface area contributed by atoms with Crippen LogP contribution in [0.1, 0.15) is 85.0 Å². The average molecular weight is 535 g/mol. The Balaban J connectivity index is 2.08. The first-order valence-corrected chi connectivity index (χ1v) is 13.8. The third-order valence-electron chi connectivity index (χ3n) is 8.97. The summed E-state index contributed by atoms with van der Waals surface area (Å²) < 4.78 is 6.36. The van der Waals surface area contributed by atoms with Crippen LogP contribution in [0.3, 0.4) is 0 Å². The van der Waals surface area contributed by atoms with Gasteiger partial charge in [0.2, 0.25) is 0 Å². The molecular formula is C33H42O6. The Bertz CT molecular complexity index is 1280. The van der Waals surface area contributed by atoms with Gasteiger partial charge in [0.05, 0.1) is 16.6 Å². The summed E-state index contributed by atoms with van der Waals surface area (Å²) in [5.74, 6) is -1.58. The molecule has 2 bridgehead atoms. The Morgan fingerprint density at radius 3 is 2.21 bits per heavy atom. The minimum Gasteiger partial charge on any atom is -0.490 e. The Labute approximate surface area is 231 Å².